The molecule has 7 nitrogen and oxygen atoms in total. The summed E-state index contributed by atoms with van der Waals surface area (Å²) in [4.78, 5) is 32.1. The minimum Gasteiger partial charge on any atom is -0.478 e. The first-order valence-corrected chi connectivity index (χ1v) is 11.6. The number of anilines is 2. The summed E-state index contributed by atoms with van der Waals surface area (Å²) in [6.45, 7) is 8.30. The average Bonchev–Trinajstić information content (AvgIpc) is 3.54. The monoisotopic (exact) mass is 446 g/mol. The lowest BCUT2D eigenvalue weighted by molar-refractivity contribution is 0.0698. The molecule has 33 heavy (non-hydrogen) atoms. The summed E-state index contributed by atoms with van der Waals surface area (Å²) in [5.74, 6) is -0.241. The number of aromatic nitrogens is 2. The van der Waals surface area contributed by atoms with Crippen molar-refractivity contribution in [3.63, 3.8) is 0 Å². The van der Waals surface area contributed by atoms with Crippen LogP contribution in [0.4, 0.5) is 11.5 Å². The van der Waals surface area contributed by atoms with E-state index in [-0.39, 0.29) is 11.1 Å². The zero-order valence-electron chi connectivity index (χ0n) is 19.4. The molecule has 0 spiro atoms. The highest BCUT2D eigenvalue weighted by Gasteiger charge is 2.47. The number of pyridine rings is 1. The number of nitrogens with one attached hydrogen (secondary N) is 1. The quantitative estimate of drug-likeness (QED) is 0.603. The van der Waals surface area contributed by atoms with E-state index in [0.29, 0.717) is 16.7 Å². The van der Waals surface area contributed by atoms with Crippen molar-refractivity contribution in [3.8, 4) is 0 Å². The van der Waals surface area contributed by atoms with Crippen molar-refractivity contribution >= 4 is 23.1 Å². The summed E-state index contributed by atoms with van der Waals surface area (Å²) in [6, 6.07) is 10.7. The lowest BCUT2D eigenvalue weighted by atomic mass is 9.83. The van der Waals surface area contributed by atoms with Crippen LogP contribution >= 0.6 is 0 Å². The first-order chi connectivity index (χ1) is 15.7. The summed E-state index contributed by atoms with van der Waals surface area (Å²) < 4.78 is 1.63. The van der Waals surface area contributed by atoms with Gasteiger partial charge in [0.05, 0.1) is 11.1 Å². The fourth-order valence-electron chi connectivity index (χ4n) is 4.81. The second-order valence-corrected chi connectivity index (χ2v) is 10.3. The van der Waals surface area contributed by atoms with Gasteiger partial charge in [0.1, 0.15) is 11.5 Å². The van der Waals surface area contributed by atoms with Crippen molar-refractivity contribution in [2.45, 2.75) is 52.0 Å². The highest BCUT2D eigenvalue weighted by atomic mass is 16.4. The number of hydrogen-bond donors (Lipinski definition) is 2. The number of benzene rings is 1. The summed E-state index contributed by atoms with van der Waals surface area (Å²) in [7, 11) is 0. The van der Waals surface area contributed by atoms with Crippen LogP contribution in [0, 0.1) is 12.3 Å². The molecule has 1 saturated heterocycles. The van der Waals surface area contributed by atoms with E-state index >= 15 is 0 Å². The molecule has 0 amide bonds. The Balaban J connectivity index is 1.59. The molecule has 2 N–H and O–H groups in total. The number of aromatic carboxylic acids is 1. The van der Waals surface area contributed by atoms with Crippen molar-refractivity contribution in [2.24, 2.45) is 5.41 Å². The summed E-state index contributed by atoms with van der Waals surface area (Å²) in [5, 5.41) is 13.1. The van der Waals surface area contributed by atoms with E-state index in [1.807, 2.05) is 19.2 Å². The maximum atomic E-state index is 13.1. The molecule has 0 bridgehead atoms. The molecule has 1 aliphatic carbocycles. The van der Waals surface area contributed by atoms with Gasteiger partial charge in [0.15, 0.2) is 0 Å². The minimum absolute atomic E-state index is 0.0912. The molecule has 1 aromatic carbocycles. The Labute approximate surface area is 193 Å². The van der Waals surface area contributed by atoms with E-state index in [1.54, 1.807) is 28.7 Å². The predicted molar refractivity (Wildman–Crippen MR) is 129 cm³/mol. The van der Waals surface area contributed by atoms with Crippen molar-refractivity contribution in [2.75, 3.05) is 23.3 Å². The molecule has 2 aromatic heterocycles. The molecule has 7 heteroatoms. The molecule has 1 aliphatic heterocycles. The third-order valence-corrected chi connectivity index (χ3v) is 7.12. The van der Waals surface area contributed by atoms with Gasteiger partial charge in [-0.25, -0.2) is 9.78 Å². The SMILES string of the molecule is Cc1cc(C2(Nc3ccccc3C(=O)O)CC2)c2nc(N3CCC(C)(C)CC3)cc(=O)n2c1. The Morgan fingerprint density at radius 3 is 2.45 bits per heavy atom. The normalized spacial score (nSPS) is 18.8. The first-order valence-electron chi connectivity index (χ1n) is 11.6. The highest BCUT2D eigenvalue weighted by Crippen LogP contribution is 2.50. The summed E-state index contributed by atoms with van der Waals surface area (Å²) in [5.41, 5.74) is 3.15. The molecular formula is C26H30N4O3. The predicted octanol–water partition coefficient (Wildman–Crippen LogP) is 4.43. The van der Waals surface area contributed by atoms with Gasteiger partial charge in [-0.1, -0.05) is 26.0 Å². The molecule has 0 unspecified atom stereocenters. The number of fused-ring (bicyclic) bond motifs is 1. The van der Waals surface area contributed by atoms with Crippen LogP contribution in [0.2, 0.25) is 0 Å². The van der Waals surface area contributed by atoms with Crippen LogP contribution in [0.1, 0.15) is 61.0 Å². The van der Waals surface area contributed by atoms with Gasteiger partial charge in [-0.2, -0.15) is 0 Å². The minimum atomic E-state index is -0.965. The first kappa shape index (κ1) is 21.5. The lowest BCUT2D eigenvalue weighted by Gasteiger charge is -2.37. The molecular weight excluding hydrogens is 416 g/mol. The summed E-state index contributed by atoms with van der Waals surface area (Å²) in [6.07, 6.45) is 5.65. The average molecular weight is 447 g/mol. The van der Waals surface area contributed by atoms with Gasteiger partial charge < -0.3 is 15.3 Å². The molecule has 2 fully saturated rings. The number of piperidine rings is 1. The van der Waals surface area contributed by atoms with E-state index in [2.05, 4.69) is 30.1 Å². The van der Waals surface area contributed by atoms with Crippen LogP contribution in [0.5, 0.6) is 0 Å². The number of hydrogen-bond acceptors (Lipinski definition) is 5. The fourth-order valence-corrected chi connectivity index (χ4v) is 4.81. The number of nitrogens with zero attached hydrogens (tertiary/aromatic N) is 3. The van der Waals surface area contributed by atoms with E-state index in [1.165, 1.54) is 0 Å². The van der Waals surface area contributed by atoms with Crippen molar-refractivity contribution in [1.29, 1.82) is 0 Å². The van der Waals surface area contributed by atoms with Crippen molar-refractivity contribution in [3.05, 3.63) is 69.6 Å². The Morgan fingerprint density at radius 2 is 1.79 bits per heavy atom. The van der Waals surface area contributed by atoms with Gasteiger partial charge in [-0.05, 0) is 61.8 Å². The van der Waals surface area contributed by atoms with E-state index in [9.17, 15) is 14.7 Å². The molecule has 3 heterocycles. The number of rotatable bonds is 5. The number of aryl methyl sites for hydroxylation is 1. The second kappa shape index (κ2) is 7.61. The number of carbonyl (C=O) groups is 1. The van der Waals surface area contributed by atoms with Crippen LogP contribution in [0.25, 0.3) is 5.65 Å². The Kier molecular flexibility index (Phi) is 4.96. The zero-order valence-corrected chi connectivity index (χ0v) is 19.4. The van der Waals surface area contributed by atoms with Gasteiger partial charge in [-0.15, -0.1) is 0 Å². The van der Waals surface area contributed by atoms with Crippen molar-refractivity contribution in [1.82, 2.24) is 9.38 Å². The van der Waals surface area contributed by atoms with E-state index in [0.717, 1.165) is 55.7 Å². The van der Waals surface area contributed by atoms with Gasteiger partial charge in [0.25, 0.3) is 5.56 Å². The molecule has 172 valence electrons. The Morgan fingerprint density at radius 1 is 1.09 bits per heavy atom. The topological polar surface area (TPSA) is 86.9 Å². The highest BCUT2D eigenvalue weighted by molar-refractivity contribution is 5.94. The lowest BCUT2D eigenvalue weighted by Crippen LogP contribution is -2.38. The van der Waals surface area contributed by atoms with Gasteiger partial charge in [0.2, 0.25) is 0 Å². The zero-order chi connectivity index (χ0) is 23.4. The van der Waals surface area contributed by atoms with Crippen LogP contribution in [0.3, 0.4) is 0 Å². The largest absolute Gasteiger partial charge is 0.478 e. The second-order valence-electron chi connectivity index (χ2n) is 10.3. The molecule has 1 saturated carbocycles. The van der Waals surface area contributed by atoms with Gasteiger partial charge in [0, 0.05) is 36.6 Å². The maximum Gasteiger partial charge on any atom is 0.337 e. The van der Waals surface area contributed by atoms with Crippen molar-refractivity contribution < 1.29 is 9.90 Å². The number of carboxylic acids is 1. The van der Waals surface area contributed by atoms with Crippen LogP contribution < -0.4 is 15.8 Å². The standard InChI is InChI=1S/C26H30N4O3/c1-17-14-19(26(8-9-26)28-20-7-5-4-6-18(20)24(32)33)23-27-21(15-22(31)30(23)16-17)29-12-10-25(2,3)11-13-29/h4-7,14-16,28H,8-13H2,1-3H3,(H,32,33). The van der Waals surface area contributed by atoms with Crippen LogP contribution in [-0.2, 0) is 5.54 Å². The van der Waals surface area contributed by atoms with Crippen LogP contribution in [0.15, 0.2) is 47.4 Å². The van der Waals surface area contributed by atoms with Gasteiger partial charge in [-0.3, -0.25) is 9.20 Å². The fraction of sp³-hybridized carbons (Fsp3) is 0.423. The van der Waals surface area contributed by atoms with E-state index < -0.39 is 11.5 Å². The van der Waals surface area contributed by atoms with Gasteiger partial charge >= 0.3 is 5.97 Å². The molecule has 0 radical (unpaired) electrons. The van der Waals surface area contributed by atoms with Crippen LogP contribution in [-0.4, -0.2) is 33.6 Å². The maximum absolute atomic E-state index is 13.1. The smallest absolute Gasteiger partial charge is 0.337 e. The molecule has 3 aromatic rings. The Bertz CT molecular complexity index is 1300. The third kappa shape index (κ3) is 3.96. The number of carboxylic acid groups (broad SMARTS) is 1. The molecule has 0 atom stereocenters. The Hall–Kier alpha value is -3.35. The molecule has 2 aliphatic rings. The van der Waals surface area contributed by atoms with E-state index in [4.69, 9.17) is 4.98 Å². The molecule has 5 rings (SSSR count). The number of para-hydroxylation sites is 1. The third-order valence-electron chi connectivity index (χ3n) is 7.12. The summed E-state index contributed by atoms with van der Waals surface area (Å²) >= 11 is 0.